The number of rotatable bonds is 6. The molecule has 0 fully saturated rings. The molecule has 1 amide bonds. The first-order chi connectivity index (χ1) is 13.4. The summed E-state index contributed by atoms with van der Waals surface area (Å²) in [5, 5.41) is 2.52. The Hall–Kier alpha value is -3.19. The van der Waals surface area contributed by atoms with Crippen molar-refractivity contribution in [2.45, 2.75) is 11.3 Å². The van der Waals surface area contributed by atoms with Crippen LogP contribution in [0, 0.1) is 5.82 Å². The van der Waals surface area contributed by atoms with Crippen molar-refractivity contribution in [2.75, 3.05) is 16.7 Å². The van der Waals surface area contributed by atoms with Crippen LogP contribution >= 0.6 is 0 Å². The fourth-order valence-corrected chi connectivity index (χ4v) is 3.87. The summed E-state index contributed by atoms with van der Waals surface area (Å²) in [5.74, 6) is -0.859. The van der Waals surface area contributed by atoms with Gasteiger partial charge in [0.15, 0.2) is 0 Å². The molecule has 0 unspecified atom stereocenters. The number of para-hydroxylation sites is 1. The molecule has 0 atom stereocenters. The molecule has 0 bridgehead atoms. The first kappa shape index (κ1) is 19.6. The molecular weight excluding hydrogens is 379 g/mol. The number of amides is 1. The van der Waals surface area contributed by atoms with Gasteiger partial charge in [-0.2, -0.15) is 0 Å². The molecule has 3 aromatic rings. The van der Waals surface area contributed by atoms with Crippen LogP contribution in [0.2, 0.25) is 0 Å². The smallest absolute Gasteiger partial charge is 0.264 e. The molecule has 0 aliphatic heterocycles. The Morgan fingerprint density at radius 1 is 0.929 bits per heavy atom. The van der Waals surface area contributed by atoms with Gasteiger partial charge in [0.25, 0.3) is 10.0 Å². The molecule has 1 N–H and O–H groups in total. The van der Waals surface area contributed by atoms with Crippen LogP contribution in [0.15, 0.2) is 83.8 Å². The highest BCUT2D eigenvalue weighted by Gasteiger charge is 2.20. The van der Waals surface area contributed by atoms with Gasteiger partial charge in [0.2, 0.25) is 5.91 Å². The fraction of sp³-hybridized carbons (Fsp3) is 0.0952. The van der Waals surface area contributed by atoms with E-state index in [0.717, 1.165) is 0 Å². The van der Waals surface area contributed by atoms with Gasteiger partial charge >= 0.3 is 0 Å². The molecule has 0 spiro atoms. The van der Waals surface area contributed by atoms with Gasteiger partial charge in [-0.25, -0.2) is 12.8 Å². The number of carbonyl (C=O) groups is 1. The Bertz CT molecular complexity index is 1070. The van der Waals surface area contributed by atoms with E-state index in [1.54, 1.807) is 54.6 Å². The Morgan fingerprint density at radius 3 is 2.18 bits per heavy atom. The molecule has 3 aromatic carbocycles. The fourth-order valence-electron chi connectivity index (χ4n) is 2.66. The summed E-state index contributed by atoms with van der Waals surface area (Å²) in [6.45, 7) is 0. The number of sulfonamides is 1. The van der Waals surface area contributed by atoms with E-state index < -0.39 is 15.8 Å². The second kappa shape index (κ2) is 8.22. The van der Waals surface area contributed by atoms with Gasteiger partial charge in [0.1, 0.15) is 5.82 Å². The van der Waals surface area contributed by atoms with Crippen molar-refractivity contribution in [3.63, 3.8) is 0 Å². The van der Waals surface area contributed by atoms with Crippen LogP contribution in [0.3, 0.4) is 0 Å². The van der Waals surface area contributed by atoms with Gasteiger partial charge in [0, 0.05) is 7.05 Å². The largest absolute Gasteiger partial charge is 0.323 e. The molecule has 0 heterocycles. The topological polar surface area (TPSA) is 66.5 Å². The summed E-state index contributed by atoms with van der Waals surface area (Å²) < 4.78 is 40.1. The van der Waals surface area contributed by atoms with Gasteiger partial charge in [-0.15, -0.1) is 0 Å². The number of halogens is 1. The lowest BCUT2D eigenvalue weighted by Crippen LogP contribution is -2.26. The molecule has 5 nitrogen and oxygen atoms in total. The summed E-state index contributed by atoms with van der Waals surface area (Å²) in [6.07, 6.45) is 0.0454. The van der Waals surface area contributed by atoms with Gasteiger partial charge < -0.3 is 5.32 Å². The molecule has 0 saturated heterocycles. The quantitative estimate of drug-likeness (QED) is 0.686. The minimum Gasteiger partial charge on any atom is -0.323 e. The highest BCUT2D eigenvalue weighted by atomic mass is 32.2. The van der Waals surface area contributed by atoms with E-state index in [1.165, 1.54) is 35.6 Å². The van der Waals surface area contributed by atoms with Crippen LogP contribution in [0.4, 0.5) is 15.8 Å². The maximum Gasteiger partial charge on any atom is 0.264 e. The van der Waals surface area contributed by atoms with E-state index >= 15 is 0 Å². The Balaban J connectivity index is 1.69. The predicted molar refractivity (Wildman–Crippen MR) is 107 cm³/mol. The van der Waals surface area contributed by atoms with E-state index in [-0.39, 0.29) is 22.9 Å². The number of hydrogen-bond acceptors (Lipinski definition) is 3. The molecule has 0 aromatic heterocycles. The van der Waals surface area contributed by atoms with E-state index in [0.29, 0.717) is 11.3 Å². The van der Waals surface area contributed by atoms with Crippen molar-refractivity contribution in [1.82, 2.24) is 0 Å². The van der Waals surface area contributed by atoms with Gasteiger partial charge in [-0.3, -0.25) is 9.10 Å². The normalized spacial score (nSPS) is 11.1. The number of carbonyl (C=O) groups excluding carboxylic acids is 1. The minimum atomic E-state index is -3.66. The molecule has 0 aliphatic carbocycles. The van der Waals surface area contributed by atoms with Crippen molar-refractivity contribution in [2.24, 2.45) is 0 Å². The molecule has 144 valence electrons. The first-order valence-electron chi connectivity index (χ1n) is 8.55. The zero-order valence-electron chi connectivity index (χ0n) is 15.2. The molecule has 28 heavy (non-hydrogen) atoms. The average molecular weight is 398 g/mol. The Labute approximate surface area is 163 Å². The van der Waals surface area contributed by atoms with E-state index in [1.807, 2.05) is 0 Å². The molecule has 0 radical (unpaired) electrons. The second-order valence-electron chi connectivity index (χ2n) is 6.16. The number of nitrogens with one attached hydrogen (secondary N) is 1. The van der Waals surface area contributed by atoms with Crippen LogP contribution in [-0.4, -0.2) is 21.4 Å². The van der Waals surface area contributed by atoms with Crippen molar-refractivity contribution in [1.29, 1.82) is 0 Å². The van der Waals surface area contributed by atoms with Crippen molar-refractivity contribution >= 4 is 27.3 Å². The van der Waals surface area contributed by atoms with E-state index in [2.05, 4.69) is 5.32 Å². The molecule has 0 saturated carbocycles. The maximum atomic E-state index is 13.6. The summed E-state index contributed by atoms with van der Waals surface area (Å²) >= 11 is 0. The third-order valence-corrected chi connectivity index (χ3v) is 6.01. The van der Waals surface area contributed by atoms with Gasteiger partial charge in [0.05, 0.1) is 22.7 Å². The highest BCUT2D eigenvalue weighted by Crippen LogP contribution is 2.22. The lowest BCUT2D eigenvalue weighted by Gasteiger charge is -2.19. The first-order valence-corrected chi connectivity index (χ1v) is 9.99. The Kier molecular flexibility index (Phi) is 5.75. The summed E-state index contributed by atoms with van der Waals surface area (Å²) in [4.78, 5) is 12.3. The lowest BCUT2D eigenvalue weighted by molar-refractivity contribution is -0.115. The molecular formula is C21H19FN2O3S. The third kappa shape index (κ3) is 4.37. The van der Waals surface area contributed by atoms with Crippen LogP contribution < -0.4 is 9.62 Å². The zero-order chi connectivity index (χ0) is 20.1. The number of nitrogens with zero attached hydrogens (tertiary/aromatic N) is 1. The predicted octanol–water partition coefficient (Wildman–Crippen LogP) is 3.83. The van der Waals surface area contributed by atoms with Crippen LogP contribution in [0.25, 0.3) is 0 Å². The number of hydrogen-bond donors (Lipinski definition) is 1. The maximum absolute atomic E-state index is 13.6. The standard InChI is InChI=1S/C21H19FN2O3S/c1-24(28(26,27)18-7-3-2-4-8-18)17-13-11-16(12-14-17)15-21(25)23-20-10-6-5-9-19(20)22/h2-14H,15H2,1H3,(H,23,25). The van der Waals surface area contributed by atoms with Crippen molar-refractivity contribution in [3.8, 4) is 0 Å². The Morgan fingerprint density at radius 2 is 1.54 bits per heavy atom. The summed E-state index contributed by atoms with van der Waals surface area (Å²) in [6, 6.07) is 20.7. The van der Waals surface area contributed by atoms with E-state index in [4.69, 9.17) is 0 Å². The SMILES string of the molecule is CN(c1ccc(CC(=O)Nc2ccccc2F)cc1)S(=O)(=O)c1ccccc1. The molecule has 7 heteroatoms. The van der Waals surface area contributed by atoms with E-state index in [9.17, 15) is 17.6 Å². The summed E-state index contributed by atoms with van der Waals surface area (Å²) in [7, 11) is -2.19. The number of benzene rings is 3. The van der Waals surface area contributed by atoms with Crippen molar-refractivity contribution in [3.05, 3.63) is 90.2 Å². The van der Waals surface area contributed by atoms with Crippen LogP contribution in [0.1, 0.15) is 5.56 Å². The van der Waals surface area contributed by atoms with Gasteiger partial charge in [-0.05, 0) is 42.0 Å². The summed E-state index contributed by atoms with van der Waals surface area (Å²) in [5.41, 5.74) is 1.28. The monoisotopic (exact) mass is 398 g/mol. The zero-order valence-corrected chi connectivity index (χ0v) is 16.0. The average Bonchev–Trinajstić information content (AvgIpc) is 2.70. The van der Waals surface area contributed by atoms with Crippen molar-refractivity contribution < 1.29 is 17.6 Å². The van der Waals surface area contributed by atoms with Gasteiger partial charge in [-0.1, -0.05) is 42.5 Å². The minimum absolute atomic E-state index is 0.0454. The molecule has 0 aliphatic rings. The van der Waals surface area contributed by atoms with Crippen LogP contribution in [-0.2, 0) is 21.2 Å². The second-order valence-corrected chi connectivity index (χ2v) is 8.13. The van der Waals surface area contributed by atoms with Crippen LogP contribution in [0.5, 0.6) is 0 Å². The lowest BCUT2D eigenvalue weighted by atomic mass is 10.1. The molecule has 3 rings (SSSR count). The third-order valence-electron chi connectivity index (χ3n) is 4.21. The highest BCUT2D eigenvalue weighted by molar-refractivity contribution is 7.92. The number of anilines is 2.